The smallest absolute Gasteiger partial charge is 0.123 e. The lowest BCUT2D eigenvalue weighted by Crippen LogP contribution is -1.92. The third-order valence-electron chi connectivity index (χ3n) is 2.51. The number of aromatic nitrogens is 1. The molecule has 1 N–H and O–H groups in total. The van der Waals surface area contributed by atoms with Gasteiger partial charge in [-0.1, -0.05) is 23.8 Å². The van der Waals surface area contributed by atoms with Gasteiger partial charge in [0.15, 0.2) is 0 Å². The number of benzene rings is 1. The largest absolute Gasteiger partial charge is 0.396 e. The summed E-state index contributed by atoms with van der Waals surface area (Å²) in [5.41, 5.74) is 3.43. The van der Waals surface area contributed by atoms with Crippen LogP contribution in [0.5, 0.6) is 0 Å². The van der Waals surface area contributed by atoms with E-state index in [2.05, 4.69) is 37.0 Å². The summed E-state index contributed by atoms with van der Waals surface area (Å²) in [4.78, 5) is 5.77. The van der Waals surface area contributed by atoms with Crippen LogP contribution in [0.2, 0.25) is 0 Å². The van der Waals surface area contributed by atoms with Gasteiger partial charge < -0.3 is 5.11 Å². The first-order valence-electron chi connectivity index (χ1n) is 5.35. The van der Waals surface area contributed by atoms with Crippen LogP contribution in [0.25, 0.3) is 10.6 Å². The fraction of sp³-hybridized carbons (Fsp3) is 0.308. The Hall–Kier alpha value is -1.19. The number of aryl methyl sites for hydroxylation is 2. The van der Waals surface area contributed by atoms with E-state index in [0.29, 0.717) is 6.42 Å². The first kappa shape index (κ1) is 11.3. The van der Waals surface area contributed by atoms with Gasteiger partial charge >= 0.3 is 0 Å². The van der Waals surface area contributed by atoms with Crippen molar-refractivity contribution in [1.82, 2.24) is 4.98 Å². The van der Waals surface area contributed by atoms with Crippen LogP contribution in [0, 0.1) is 13.8 Å². The minimum atomic E-state index is 0.165. The van der Waals surface area contributed by atoms with Gasteiger partial charge in [-0.05, 0) is 19.9 Å². The average molecular weight is 233 g/mol. The molecule has 1 aromatic carbocycles. The van der Waals surface area contributed by atoms with Gasteiger partial charge in [-0.25, -0.2) is 4.98 Å². The number of aliphatic hydroxyl groups is 1. The van der Waals surface area contributed by atoms with Crippen molar-refractivity contribution >= 4 is 11.3 Å². The standard InChI is InChI=1S/C13H15NOS/c1-9-4-3-5-11(8-9)13-14-12(6-7-15)10(2)16-13/h3-5,8,15H,6-7H2,1-2H3. The van der Waals surface area contributed by atoms with Crippen LogP contribution in [0.3, 0.4) is 0 Å². The molecule has 2 nitrogen and oxygen atoms in total. The zero-order valence-electron chi connectivity index (χ0n) is 9.53. The molecule has 1 aromatic heterocycles. The highest BCUT2D eigenvalue weighted by atomic mass is 32.1. The topological polar surface area (TPSA) is 33.1 Å². The Balaban J connectivity index is 2.37. The fourth-order valence-electron chi connectivity index (χ4n) is 1.67. The number of thiazole rings is 1. The van der Waals surface area contributed by atoms with E-state index in [1.165, 1.54) is 10.4 Å². The van der Waals surface area contributed by atoms with Crippen LogP contribution >= 0.6 is 11.3 Å². The maximum atomic E-state index is 8.93. The molecule has 2 rings (SSSR count). The number of hydrogen-bond acceptors (Lipinski definition) is 3. The highest BCUT2D eigenvalue weighted by molar-refractivity contribution is 7.15. The summed E-state index contributed by atoms with van der Waals surface area (Å²) in [5, 5.41) is 9.98. The molecule has 3 heteroatoms. The molecule has 16 heavy (non-hydrogen) atoms. The van der Waals surface area contributed by atoms with Crippen molar-refractivity contribution in [3.05, 3.63) is 40.4 Å². The number of nitrogens with zero attached hydrogens (tertiary/aromatic N) is 1. The van der Waals surface area contributed by atoms with Crippen molar-refractivity contribution in [3.8, 4) is 10.6 Å². The lowest BCUT2D eigenvalue weighted by molar-refractivity contribution is 0.298. The Morgan fingerprint density at radius 3 is 2.81 bits per heavy atom. The van der Waals surface area contributed by atoms with Gasteiger partial charge in [-0.3, -0.25) is 0 Å². The van der Waals surface area contributed by atoms with Crippen LogP contribution in [-0.4, -0.2) is 16.7 Å². The summed E-state index contributed by atoms with van der Waals surface area (Å²) >= 11 is 1.69. The molecule has 0 saturated heterocycles. The molecule has 0 radical (unpaired) electrons. The van der Waals surface area contributed by atoms with Gasteiger partial charge in [-0.2, -0.15) is 0 Å². The van der Waals surface area contributed by atoms with E-state index in [0.717, 1.165) is 16.3 Å². The van der Waals surface area contributed by atoms with E-state index in [1.807, 2.05) is 6.07 Å². The summed E-state index contributed by atoms with van der Waals surface area (Å²) in [6.45, 7) is 4.30. The maximum absolute atomic E-state index is 8.93. The Morgan fingerprint density at radius 1 is 1.31 bits per heavy atom. The number of rotatable bonds is 3. The predicted octanol–water partition coefficient (Wildman–Crippen LogP) is 2.96. The highest BCUT2D eigenvalue weighted by Gasteiger charge is 2.08. The molecule has 1 heterocycles. The third-order valence-corrected chi connectivity index (χ3v) is 3.57. The van der Waals surface area contributed by atoms with E-state index < -0.39 is 0 Å². The summed E-state index contributed by atoms with van der Waals surface area (Å²) in [6, 6.07) is 8.35. The molecular formula is C13H15NOS. The summed E-state index contributed by atoms with van der Waals surface area (Å²) in [6.07, 6.45) is 0.647. The van der Waals surface area contributed by atoms with Gasteiger partial charge in [0.25, 0.3) is 0 Å². The lowest BCUT2D eigenvalue weighted by Gasteiger charge is -1.97. The Bertz CT molecular complexity index is 490. The lowest BCUT2D eigenvalue weighted by atomic mass is 10.1. The molecule has 0 amide bonds. The molecular weight excluding hydrogens is 218 g/mol. The summed E-state index contributed by atoms with van der Waals surface area (Å²) in [5.74, 6) is 0. The first-order valence-corrected chi connectivity index (χ1v) is 6.16. The van der Waals surface area contributed by atoms with Gasteiger partial charge in [0.1, 0.15) is 5.01 Å². The normalized spacial score (nSPS) is 10.7. The van der Waals surface area contributed by atoms with Crippen LogP contribution in [0.1, 0.15) is 16.1 Å². The predicted molar refractivity (Wildman–Crippen MR) is 67.8 cm³/mol. The van der Waals surface area contributed by atoms with Gasteiger partial charge in [-0.15, -0.1) is 11.3 Å². The minimum Gasteiger partial charge on any atom is -0.396 e. The molecule has 0 spiro atoms. The molecule has 0 aliphatic carbocycles. The van der Waals surface area contributed by atoms with E-state index in [1.54, 1.807) is 11.3 Å². The molecule has 0 aliphatic rings. The minimum absolute atomic E-state index is 0.165. The first-order chi connectivity index (χ1) is 7.70. The molecule has 0 fully saturated rings. The van der Waals surface area contributed by atoms with E-state index in [9.17, 15) is 0 Å². The molecule has 0 saturated carbocycles. The van der Waals surface area contributed by atoms with E-state index in [-0.39, 0.29) is 6.61 Å². The van der Waals surface area contributed by atoms with Crippen molar-refractivity contribution in [2.24, 2.45) is 0 Å². The SMILES string of the molecule is Cc1cccc(-c2nc(CCO)c(C)s2)c1. The molecule has 0 bridgehead atoms. The maximum Gasteiger partial charge on any atom is 0.123 e. The van der Waals surface area contributed by atoms with Gasteiger partial charge in [0, 0.05) is 23.5 Å². The van der Waals surface area contributed by atoms with Gasteiger partial charge in [0.05, 0.1) is 5.69 Å². The van der Waals surface area contributed by atoms with Crippen molar-refractivity contribution in [3.63, 3.8) is 0 Å². The Morgan fingerprint density at radius 2 is 2.12 bits per heavy atom. The summed E-state index contributed by atoms with van der Waals surface area (Å²) < 4.78 is 0. The van der Waals surface area contributed by atoms with Crippen LogP contribution in [-0.2, 0) is 6.42 Å². The van der Waals surface area contributed by atoms with Gasteiger partial charge in [0.2, 0.25) is 0 Å². The molecule has 0 atom stereocenters. The van der Waals surface area contributed by atoms with E-state index in [4.69, 9.17) is 5.11 Å². The van der Waals surface area contributed by atoms with Crippen molar-refractivity contribution in [2.45, 2.75) is 20.3 Å². The second-order valence-corrected chi connectivity index (χ2v) is 5.07. The molecule has 84 valence electrons. The average Bonchev–Trinajstić information content (AvgIpc) is 2.61. The van der Waals surface area contributed by atoms with Crippen molar-refractivity contribution in [2.75, 3.05) is 6.61 Å². The van der Waals surface area contributed by atoms with Crippen molar-refractivity contribution in [1.29, 1.82) is 0 Å². The quantitative estimate of drug-likeness (QED) is 0.884. The zero-order valence-corrected chi connectivity index (χ0v) is 10.3. The molecule has 0 unspecified atom stereocenters. The van der Waals surface area contributed by atoms with Crippen LogP contribution in [0.15, 0.2) is 24.3 Å². The van der Waals surface area contributed by atoms with Crippen LogP contribution in [0.4, 0.5) is 0 Å². The third kappa shape index (κ3) is 2.31. The summed E-state index contributed by atoms with van der Waals surface area (Å²) in [7, 11) is 0. The molecule has 2 aromatic rings. The number of hydrogen-bond donors (Lipinski definition) is 1. The Kier molecular flexibility index (Phi) is 3.36. The van der Waals surface area contributed by atoms with Crippen LogP contribution < -0.4 is 0 Å². The monoisotopic (exact) mass is 233 g/mol. The van der Waals surface area contributed by atoms with Crippen molar-refractivity contribution < 1.29 is 5.11 Å². The second-order valence-electron chi connectivity index (χ2n) is 3.86. The zero-order chi connectivity index (χ0) is 11.5. The van der Waals surface area contributed by atoms with E-state index >= 15 is 0 Å². The fourth-order valence-corrected chi connectivity index (χ4v) is 2.62. The molecule has 0 aliphatic heterocycles. The highest BCUT2D eigenvalue weighted by Crippen LogP contribution is 2.28. The Labute approximate surface area is 99.6 Å². The number of aliphatic hydroxyl groups excluding tert-OH is 1. The second kappa shape index (κ2) is 4.76.